The van der Waals surface area contributed by atoms with Crippen molar-refractivity contribution < 1.29 is 14.4 Å². The zero-order chi connectivity index (χ0) is 14.9. The molecule has 1 aromatic carbocycles. The lowest BCUT2D eigenvalue weighted by atomic mass is 10.1. The molecule has 1 saturated heterocycles. The number of hydrogen-bond acceptors (Lipinski definition) is 2. The molecule has 2 rings (SSSR count). The molecule has 0 saturated carbocycles. The number of rotatable bonds is 9. The molecule has 0 aromatic heterocycles. The molecule has 1 heterocycles. The highest BCUT2D eigenvalue weighted by Crippen LogP contribution is 2.23. The van der Waals surface area contributed by atoms with Crippen LogP contribution >= 0.6 is 0 Å². The fourth-order valence-corrected chi connectivity index (χ4v) is 2.88. The van der Waals surface area contributed by atoms with E-state index in [0.29, 0.717) is 13.2 Å². The molecular weight excluding hydrogens is 262 g/mol. The van der Waals surface area contributed by atoms with Crippen LogP contribution in [0.3, 0.4) is 0 Å². The highest BCUT2D eigenvalue weighted by atomic mass is 16.5. The van der Waals surface area contributed by atoms with E-state index in [1.807, 2.05) is 6.08 Å². The lowest BCUT2D eigenvalue weighted by Gasteiger charge is -2.14. The van der Waals surface area contributed by atoms with E-state index in [-0.39, 0.29) is 0 Å². The van der Waals surface area contributed by atoms with Gasteiger partial charge in [0.2, 0.25) is 0 Å². The largest absolute Gasteiger partial charge is 0.491 e. The average molecular weight is 290 g/mol. The second kappa shape index (κ2) is 8.85. The first-order chi connectivity index (χ1) is 10.3. The minimum atomic E-state index is 0.615. The molecule has 21 heavy (non-hydrogen) atoms. The quantitative estimate of drug-likeness (QED) is 0.553. The van der Waals surface area contributed by atoms with Crippen molar-refractivity contribution in [3.8, 4) is 5.75 Å². The van der Waals surface area contributed by atoms with Gasteiger partial charge in [0.15, 0.2) is 0 Å². The number of nitrogens with one attached hydrogen (secondary N) is 1. The van der Waals surface area contributed by atoms with Gasteiger partial charge < -0.3 is 14.4 Å². The summed E-state index contributed by atoms with van der Waals surface area (Å²) < 4.78 is 11.6. The van der Waals surface area contributed by atoms with E-state index in [9.17, 15) is 0 Å². The molecule has 1 N–H and O–H groups in total. The molecule has 1 aliphatic rings. The van der Waals surface area contributed by atoms with Crippen LogP contribution in [0.5, 0.6) is 5.75 Å². The molecule has 0 unspecified atom stereocenters. The van der Waals surface area contributed by atoms with E-state index in [1.165, 1.54) is 37.1 Å². The first kappa shape index (κ1) is 16.1. The molecule has 0 amide bonds. The zero-order valence-corrected chi connectivity index (χ0v) is 13.2. The third-order valence-corrected chi connectivity index (χ3v) is 4.04. The molecule has 0 radical (unpaired) electrons. The van der Waals surface area contributed by atoms with Crippen LogP contribution in [0, 0.1) is 6.92 Å². The Labute approximate surface area is 128 Å². The lowest BCUT2D eigenvalue weighted by molar-refractivity contribution is -0.887. The summed E-state index contributed by atoms with van der Waals surface area (Å²) >= 11 is 0. The number of aryl methyl sites for hydroxylation is 1. The van der Waals surface area contributed by atoms with Crippen LogP contribution in [0.2, 0.25) is 0 Å². The van der Waals surface area contributed by atoms with E-state index in [2.05, 4.69) is 31.7 Å². The normalized spacial score (nSPS) is 15.3. The molecule has 0 bridgehead atoms. The van der Waals surface area contributed by atoms with Crippen molar-refractivity contribution in [3.05, 3.63) is 42.0 Å². The summed E-state index contributed by atoms with van der Waals surface area (Å²) in [6, 6.07) is 6.25. The molecule has 1 aliphatic heterocycles. The molecule has 3 nitrogen and oxygen atoms in total. The summed E-state index contributed by atoms with van der Waals surface area (Å²) in [7, 11) is 0. The molecular formula is C18H28NO2+. The van der Waals surface area contributed by atoms with E-state index >= 15 is 0 Å². The number of hydrogen-bond donors (Lipinski definition) is 1. The monoisotopic (exact) mass is 290 g/mol. The fraction of sp³-hybridized carbons (Fsp3) is 0.556. The Morgan fingerprint density at radius 3 is 2.76 bits per heavy atom. The molecule has 0 aliphatic carbocycles. The second-order valence-corrected chi connectivity index (χ2v) is 5.72. The van der Waals surface area contributed by atoms with E-state index < -0.39 is 0 Å². The maximum atomic E-state index is 5.91. The van der Waals surface area contributed by atoms with E-state index in [0.717, 1.165) is 25.3 Å². The van der Waals surface area contributed by atoms with Gasteiger partial charge in [-0.15, -0.1) is 6.58 Å². The molecule has 116 valence electrons. The number of quaternary nitrogens is 1. The Balaban J connectivity index is 1.67. The second-order valence-electron chi connectivity index (χ2n) is 5.72. The highest BCUT2D eigenvalue weighted by molar-refractivity contribution is 5.41. The van der Waals surface area contributed by atoms with Crippen molar-refractivity contribution in [3.63, 3.8) is 0 Å². The summed E-state index contributed by atoms with van der Waals surface area (Å²) in [6.07, 6.45) is 5.50. The van der Waals surface area contributed by atoms with Crippen LogP contribution in [0.4, 0.5) is 0 Å². The van der Waals surface area contributed by atoms with Gasteiger partial charge in [-0.25, -0.2) is 0 Å². The highest BCUT2D eigenvalue weighted by Gasteiger charge is 2.14. The molecule has 0 atom stereocenters. The van der Waals surface area contributed by atoms with Crippen LogP contribution < -0.4 is 9.64 Å². The van der Waals surface area contributed by atoms with Gasteiger partial charge in [-0.3, -0.25) is 0 Å². The first-order valence-corrected chi connectivity index (χ1v) is 8.04. The van der Waals surface area contributed by atoms with Crippen LogP contribution in [0.1, 0.15) is 24.0 Å². The van der Waals surface area contributed by atoms with E-state index in [4.69, 9.17) is 9.47 Å². The van der Waals surface area contributed by atoms with Gasteiger partial charge in [-0.2, -0.15) is 0 Å². The van der Waals surface area contributed by atoms with Gasteiger partial charge in [0.05, 0.1) is 26.3 Å². The maximum Gasteiger partial charge on any atom is 0.125 e. The third-order valence-electron chi connectivity index (χ3n) is 4.04. The summed E-state index contributed by atoms with van der Waals surface area (Å²) in [5.74, 6) is 0.992. The molecule has 3 heteroatoms. The van der Waals surface area contributed by atoms with E-state index in [1.54, 1.807) is 4.90 Å². The van der Waals surface area contributed by atoms with Crippen molar-refractivity contribution in [2.24, 2.45) is 0 Å². The van der Waals surface area contributed by atoms with Crippen molar-refractivity contribution in [2.45, 2.75) is 26.2 Å². The number of likely N-dealkylation sites (tertiary alicyclic amines) is 1. The number of benzene rings is 1. The Hall–Kier alpha value is -1.32. The van der Waals surface area contributed by atoms with Crippen molar-refractivity contribution in [1.29, 1.82) is 0 Å². The summed E-state index contributed by atoms with van der Waals surface area (Å²) in [5.41, 5.74) is 2.38. The SMILES string of the molecule is C=CCc1cccc(C)c1OCCOCC[NH+]1CCCC1. The molecule has 1 fully saturated rings. The lowest BCUT2D eigenvalue weighted by Crippen LogP contribution is -3.10. The van der Waals surface area contributed by atoms with Gasteiger partial charge in [-0.05, 0) is 24.5 Å². The van der Waals surface area contributed by atoms with Crippen molar-refractivity contribution in [2.75, 3.05) is 39.5 Å². The van der Waals surface area contributed by atoms with Crippen LogP contribution in [0.15, 0.2) is 30.9 Å². The predicted molar refractivity (Wildman–Crippen MR) is 86.2 cm³/mol. The average Bonchev–Trinajstić information content (AvgIpc) is 2.98. The third kappa shape index (κ3) is 5.18. The maximum absolute atomic E-state index is 5.91. The summed E-state index contributed by atoms with van der Waals surface area (Å²) in [5, 5.41) is 0. The first-order valence-electron chi connectivity index (χ1n) is 8.04. The van der Waals surface area contributed by atoms with Gasteiger partial charge in [0.25, 0.3) is 0 Å². The van der Waals surface area contributed by atoms with Gasteiger partial charge in [0.1, 0.15) is 18.9 Å². The smallest absolute Gasteiger partial charge is 0.125 e. The van der Waals surface area contributed by atoms with Gasteiger partial charge in [0, 0.05) is 12.8 Å². The summed E-state index contributed by atoms with van der Waals surface area (Å²) in [4.78, 5) is 1.68. The molecule has 0 spiro atoms. The van der Waals surface area contributed by atoms with Crippen LogP contribution in [-0.2, 0) is 11.2 Å². The minimum absolute atomic E-state index is 0.615. The fourth-order valence-electron chi connectivity index (χ4n) is 2.88. The zero-order valence-electron chi connectivity index (χ0n) is 13.2. The Morgan fingerprint density at radius 2 is 2.00 bits per heavy atom. The Morgan fingerprint density at radius 1 is 1.19 bits per heavy atom. The van der Waals surface area contributed by atoms with Crippen molar-refractivity contribution in [1.82, 2.24) is 0 Å². The van der Waals surface area contributed by atoms with Gasteiger partial charge >= 0.3 is 0 Å². The van der Waals surface area contributed by atoms with Gasteiger partial charge in [-0.1, -0.05) is 24.3 Å². The standard InChI is InChI=1S/C18H27NO2/c1-3-7-17-9-6-8-16(2)18(17)21-15-14-20-13-12-19-10-4-5-11-19/h3,6,8-9H,1,4-5,7,10-15H2,2H3/p+1. The number of ether oxygens (including phenoxy) is 2. The summed E-state index contributed by atoms with van der Waals surface area (Å²) in [6.45, 7) is 11.8. The number of allylic oxidation sites excluding steroid dienone is 1. The predicted octanol–water partition coefficient (Wildman–Crippen LogP) is 1.80. The Bertz CT molecular complexity index is 439. The number of para-hydroxylation sites is 1. The van der Waals surface area contributed by atoms with Crippen LogP contribution in [0.25, 0.3) is 0 Å². The minimum Gasteiger partial charge on any atom is -0.491 e. The van der Waals surface area contributed by atoms with Crippen molar-refractivity contribution >= 4 is 0 Å². The van der Waals surface area contributed by atoms with Crippen LogP contribution in [-0.4, -0.2) is 39.5 Å². The Kier molecular flexibility index (Phi) is 6.77. The topological polar surface area (TPSA) is 22.9 Å². The molecule has 1 aromatic rings.